The highest BCUT2D eigenvalue weighted by Crippen LogP contribution is 2.31. The summed E-state index contributed by atoms with van der Waals surface area (Å²) in [7, 11) is 0. The fourth-order valence-corrected chi connectivity index (χ4v) is 2.45. The van der Waals surface area contributed by atoms with Gasteiger partial charge in [0.05, 0.1) is 30.2 Å². The normalized spacial score (nSPS) is 17.0. The number of nitrogens with one attached hydrogen (secondary N) is 1. The van der Waals surface area contributed by atoms with Gasteiger partial charge in [0, 0.05) is 12.3 Å². The van der Waals surface area contributed by atoms with E-state index in [1.54, 1.807) is 0 Å². The van der Waals surface area contributed by atoms with E-state index in [1.807, 2.05) is 37.5 Å². The predicted octanol–water partition coefficient (Wildman–Crippen LogP) is 2.97. The van der Waals surface area contributed by atoms with Gasteiger partial charge in [-0.05, 0) is 37.5 Å². The summed E-state index contributed by atoms with van der Waals surface area (Å²) >= 11 is 0. The number of rotatable bonds is 4. The van der Waals surface area contributed by atoms with Crippen LogP contribution in [0.2, 0.25) is 0 Å². The molecule has 98 valence electrons. The van der Waals surface area contributed by atoms with E-state index in [-0.39, 0.29) is 6.04 Å². The van der Waals surface area contributed by atoms with Crippen molar-refractivity contribution in [3.05, 3.63) is 47.9 Å². The minimum atomic E-state index is 0.288. The average molecular weight is 255 g/mol. The second kappa shape index (κ2) is 5.26. The lowest BCUT2D eigenvalue weighted by atomic mass is 10.2. The first-order chi connectivity index (χ1) is 9.36. The molecule has 0 saturated heterocycles. The lowest BCUT2D eigenvalue weighted by Crippen LogP contribution is -2.08. The topological polar surface area (TPSA) is 47.0 Å². The highest BCUT2D eigenvalue weighted by atomic mass is 16.5. The smallest absolute Gasteiger partial charge is 0.213 e. The summed E-state index contributed by atoms with van der Waals surface area (Å²) in [4.78, 5) is 8.74. The van der Waals surface area contributed by atoms with Gasteiger partial charge in [-0.1, -0.05) is 6.07 Å². The minimum absolute atomic E-state index is 0.288. The van der Waals surface area contributed by atoms with Gasteiger partial charge in [0.1, 0.15) is 0 Å². The predicted molar refractivity (Wildman–Crippen MR) is 74.3 cm³/mol. The third-order valence-corrected chi connectivity index (χ3v) is 3.33. The van der Waals surface area contributed by atoms with Gasteiger partial charge in [0.25, 0.3) is 0 Å². The molecular formula is C15H17N3O. The largest absolute Gasteiger partial charge is 0.478 e. The molecule has 1 aliphatic rings. The zero-order chi connectivity index (χ0) is 13.1. The molecule has 2 aromatic rings. The Bertz CT molecular complexity index is 554. The van der Waals surface area contributed by atoms with Gasteiger partial charge in [0.15, 0.2) is 0 Å². The van der Waals surface area contributed by atoms with E-state index in [0.29, 0.717) is 12.5 Å². The third-order valence-electron chi connectivity index (χ3n) is 3.33. The SMILES string of the molecule is CCOc1ccc(NC2CCc3cccnc32)cn1. The standard InChI is InChI=1S/C15H17N3O/c1-2-19-14-8-6-12(10-17-14)18-13-7-5-11-4-3-9-16-15(11)13/h3-4,6,8-10,13,18H,2,5,7H2,1H3. The Labute approximate surface area is 112 Å². The number of anilines is 1. The number of ether oxygens (including phenoxy) is 1. The van der Waals surface area contributed by atoms with Crippen molar-refractivity contribution in [2.75, 3.05) is 11.9 Å². The van der Waals surface area contributed by atoms with Gasteiger partial charge in [-0.3, -0.25) is 4.98 Å². The number of fused-ring (bicyclic) bond motifs is 1. The van der Waals surface area contributed by atoms with E-state index in [4.69, 9.17) is 4.74 Å². The summed E-state index contributed by atoms with van der Waals surface area (Å²) in [5.74, 6) is 0.665. The number of hydrogen-bond donors (Lipinski definition) is 1. The van der Waals surface area contributed by atoms with Crippen molar-refractivity contribution < 1.29 is 4.74 Å². The Morgan fingerprint density at radius 3 is 3.05 bits per heavy atom. The summed E-state index contributed by atoms with van der Waals surface area (Å²) in [6, 6.07) is 8.33. The minimum Gasteiger partial charge on any atom is -0.478 e. The molecule has 0 radical (unpaired) electrons. The first kappa shape index (κ1) is 12.0. The summed E-state index contributed by atoms with van der Waals surface area (Å²) < 4.78 is 5.34. The van der Waals surface area contributed by atoms with Crippen molar-refractivity contribution in [1.82, 2.24) is 9.97 Å². The second-order valence-corrected chi connectivity index (χ2v) is 4.60. The van der Waals surface area contributed by atoms with Crippen molar-refractivity contribution in [3.8, 4) is 5.88 Å². The monoisotopic (exact) mass is 255 g/mol. The van der Waals surface area contributed by atoms with Gasteiger partial charge < -0.3 is 10.1 Å². The Morgan fingerprint density at radius 2 is 2.26 bits per heavy atom. The molecule has 0 bridgehead atoms. The summed E-state index contributed by atoms with van der Waals surface area (Å²) in [6.45, 7) is 2.59. The Morgan fingerprint density at radius 1 is 1.32 bits per heavy atom. The second-order valence-electron chi connectivity index (χ2n) is 4.60. The van der Waals surface area contributed by atoms with Gasteiger partial charge >= 0.3 is 0 Å². The first-order valence-electron chi connectivity index (χ1n) is 6.66. The molecule has 0 spiro atoms. The lowest BCUT2D eigenvalue weighted by Gasteiger charge is -2.14. The highest BCUT2D eigenvalue weighted by Gasteiger charge is 2.23. The molecule has 0 amide bonds. The molecule has 2 heterocycles. The average Bonchev–Trinajstić information content (AvgIpc) is 2.85. The molecule has 1 atom stereocenters. The fourth-order valence-electron chi connectivity index (χ4n) is 2.45. The van der Waals surface area contributed by atoms with Crippen molar-refractivity contribution in [1.29, 1.82) is 0 Å². The van der Waals surface area contributed by atoms with Crippen LogP contribution in [-0.4, -0.2) is 16.6 Å². The number of aromatic nitrogens is 2. The van der Waals surface area contributed by atoms with Crippen molar-refractivity contribution in [3.63, 3.8) is 0 Å². The molecule has 0 aromatic carbocycles. The fraction of sp³-hybridized carbons (Fsp3) is 0.333. The highest BCUT2D eigenvalue weighted by molar-refractivity contribution is 5.46. The van der Waals surface area contributed by atoms with Gasteiger partial charge in [-0.25, -0.2) is 4.98 Å². The van der Waals surface area contributed by atoms with Crippen LogP contribution in [0.25, 0.3) is 0 Å². The lowest BCUT2D eigenvalue weighted by molar-refractivity contribution is 0.327. The van der Waals surface area contributed by atoms with Crippen LogP contribution in [-0.2, 0) is 6.42 Å². The maximum Gasteiger partial charge on any atom is 0.213 e. The van der Waals surface area contributed by atoms with Crippen LogP contribution < -0.4 is 10.1 Å². The van der Waals surface area contributed by atoms with E-state index < -0.39 is 0 Å². The maximum atomic E-state index is 5.34. The van der Waals surface area contributed by atoms with Crippen molar-refractivity contribution >= 4 is 5.69 Å². The van der Waals surface area contributed by atoms with E-state index in [9.17, 15) is 0 Å². The van der Waals surface area contributed by atoms with Crippen LogP contribution >= 0.6 is 0 Å². The van der Waals surface area contributed by atoms with Crippen LogP contribution in [0.5, 0.6) is 5.88 Å². The van der Waals surface area contributed by atoms with Crippen LogP contribution in [0.3, 0.4) is 0 Å². The van der Waals surface area contributed by atoms with Crippen molar-refractivity contribution in [2.24, 2.45) is 0 Å². The van der Waals surface area contributed by atoms with Crippen LogP contribution in [0, 0.1) is 0 Å². The van der Waals surface area contributed by atoms with Gasteiger partial charge in [-0.15, -0.1) is 0 Å². The molecule has 19 heavy (non-hydrogen) atoms. The van der Waals surface area contributed by atoms with E-state index in [2.05, 4.69) is 21.4 Å². The molecule has 4 nitrogen and oxygen atoms in total. The Balaban J connectivity index is 1.72. The zero-order valence-electron chi connectivity index (χ0n) is 11.0. The summed E-state index contributed by atoms with van der Waals surface area (Å²) in [6.07, 6.45) is 5.84. The molecule has 3 rings (SSSR count). The van der Waals surface area contributed by atoms with Crippen LogP contribution in [0.1, 0.15) is 30.6 Å². The molecule has 1 unspecified atom stereocenters. The van der Waals surface area contributed by atoms with Gasteiger partial charge in [0.2, 0.25) is 5.88 Å². The molecule has 1 N–H and O–H groups in total. The Kier molecular flexibility index (Phi) is 3.31. The van der Waals surface area contributed by atoms with Crippen LogP contribution in [0.15, 0.2) is 36.7 Å². The first-order valence-corrected chi connectivity index (χ1v) is 6.66. The Hall–Kier alpha value is -2.10. The van der Waals surface area contributed by atoms with E-state index in [0.717, 1.165) is 24.2 Å². The number of nitrogens with zero attached hydrogens (tertiary/aromatic N) is 2. The quantitative estimate of drug-likeness (QED) is 0.912. The number of hydrogen-bond acceptors (Lipinski definition) is 4. The maximum absolute atomic E-state index is 5.34. The molecule has 1 aliphatic carbocycles. The number of aryl methyl sites for hydroxylation is 1. The van der Waals surface area contributed by atoms with Crippen molar-refractivity contribution in [2.45, 2.75) is 25.8 Å². The molecule has 4 heteroatoms. The number of pyridine rings is 2. The van der Waals surface area contributed by atoms with E-state index >= 15 is 0 Å². The molecule has 0 fully saturated rings. The molecule has 0 saturated carbocycles. The zero-order valence-corrected chi connectivity index (χ0v) is 11.0. The van der Waals surface area contributed by atoms with Gasteiger partial charge in [-0.2, -0.15) is 0 Å². The third kappa shape index (κ3) is 2.52. The summed E-state index contributed by atoms with van der Waals surface area (Å²) in [5.41, 5.74) is 3.52. The molecule has 0 aliphatic heterocycles. The van der Waals surface area contributed by atoms with Crippen LogP contribution in [0.4, 0.5) is 5.69 Å². The molecule has 2 aromatic heterocycles. The summed E-state index contributed by atoms with van der Waals surface area (Å²) in [5, 5.41) is 3.49. The van der Waals surface area contributed by atoms with E-state index in [1.165, 1.54) is 5.56 Å². The molecular weight excluding hydrogens is 238 g/mol.